The van der Waals surface area contributed by atoms with Crippen LogP contribution >= 0.6 is 0 Å². The normalized spacial score (nSPS) is 17.2. The number of benzene rings is 2. The molecule has 0 bridgehead atoms. The summed E-state index contributed by atoms with van der Waals surface area (Å²) >= 11 is 0. The van der Waals surface area contributed by atoms with Gasteiger partial charge < -0.3 is 15.0 Å². The molecular weight excluding hydrogens is 536 g/mol. The highest BCUT2D eigenvalue weighted by molar-refractivity contribution is 7.92. The van der Waals surface area contributed by atoms with Crippen molar-refractivity contribution in [2.24, 2.45) is 5.92 Å². The number of nitrogens with zero attached hydrogens (tertiary/aromatic N) is 2. The molecule has 2 aromatic carbocycles. The van der Waals surface area contributed by atoms with Gasteiger partial charge in [-0.3, -0.25) is 9.62 Å². The van der Waals surface area contributed by atoms with Crippen LogP contribution in [0.2, 0.25) is 0 Å². The number of sulfonamides is 1. The zero-order chi connectivity index (χ0) is 29.1. The monoisotopic (exact) mass is 584 g/mol. The third kappa shape index (κ3) is 10.9. The van der Waals surface area contributed by atoms with Gasteiger partial charge in [0, 0.05) is 44.5 Å². The molecule has 2 fully saturated rings. The summed E-state index contributed by atoms with van der Waals surface area (Å²) in [4.78, 5) is 17.7. The molecule has 2 N–H and O–H groups in total. The molecule has 41 heavy (non-hydrogen) atoms. The average molecular weight is 585 g/mol. The molecule has 0 radical (unpaired) electrons. The largest absolute Gasteiger partial charge is 0.457 e. The molecular formula is C32H48N4O4S. The highest BCUT2D eigenvalue weighted by atomic mass is 32.2. The van der Waals surface area contributed by atoms with Gasteiger partial charge in [0.15, 0.2) is 0 Å². The van der Waals surface area contributed by atoms with Gasteiger partial charge in [0.05, 0.1) is 6.26 Å². The Morgan fingerprint density at radius 2 is 1.56 bits per heavy atom. The molecule has 226 valence electrons. The van der Waals surface area contributed by atoms with Crippen LogP contribution in [0.3, 0.4) is 0 Å². The Labute approximate surface area is 246 Å². The Bertz CT molecular complexity index is 1170. The van der Waals surface area contributed by atoms with Crippen LogP contribution in [0.15, 0.2) is 48.5 Å². The molecule has 1 aliphatic carbocycles. The topological polar surface area (TPSA) is 91.0 Å². The summed E-state index contributed by atoms with van der Waals surface area (Å²) in [5.74, 6) is 2.17. The Morgan fingerprint density at radius 3 is 2.17 bits per heavy atom. The van der Waals surface area contributed by atoms with E-state index in [2.05, 4.69) is 38.9 Å². The number of hydrogen-bond donors (Lipinski definition) is 2. The Hall–Kier alpha value is -2.78. The number of nitrogens with one attached hydrogen (secondary N) is 2. The lowest BCUT2D eigenvalue weighted by atomic mass is 9.87. The van der Waals surface area contributed by atoms with E-state index in [1.165, 1.54) is 37.7 Å². The van der Waals surface area contributed by atoms with Crippen molar-refractivity contribution >= 4 is 21.7 Å². The molecule has 1 heterocycles. The number of unbranched alkanes of at least 4 members (excludes halogenated alkanes) is 1. The quantitative estimate of drug-likeness (QED) is 0.277. The number of piperidine rings is 1. The van der Waals surface area contributed by atoms with Crippen molar-refractivity contribution in [2.45, 2.75) is 83.7 Å². The van der Waals surface area contributed by atoms with Crippen molar-refractivity contribution in [2.75, 3.05) is 37.2 Å². The zero-order valence-corrected chi connectivity index (χ0v) is 25.6. The van der Waals surface area contributed by atoms with E-state index in [-0.39, 0.29) is 12.1 Å². The van der Waals surface area contributed by atoms with E-state index in [1.54, 1.807) is 24.3 Å². The van der Waals surface area contributed by atoms with E-state index in [9.17, 15) is 13.2 Å². The Kier molecular flexibility index (Phi) is 11.7. The predicted molar refractivity (Wildman–Crippen MR) is 166 cm³/mol. The van der Waals surface area contributed by atoms with Crippen LogP contribution in [0.1, 0.15) is 76.7 Å². The SMILES string of the molecule is CCCCN(CCC1CCCCC1)C(=O)NC1CCN(Cc2ccc(Oc3ccc(NS(C)(=O)=O)cc3)cc2)CC1. The van der Waals surface area contributed by atoms with Crippen molar-refractivity contribution in [3.05, 3.63) is 54.1 Å². The molecule has 2 aliphatic rings. The van der Waals surface area contributed by atoms with Crippen molar-refractivity contribution in [1.82, 2.24) is 15.1 Å². The van der Waals surface area contributed by atoms with Crippen LogP contribution in [0.25, 0.3) is 0 Å². The summed E-state index contributed by atoms with van der Waals surface area (Å²) in [6.45, 7) is 6.74. The number of amides is 2. The maximum Gasteiger partial charge on any atom is 0.317 e. The second-order valence-corrected chi connectivity index (χ2v) is 13.5. The van der Waals surface area contributed by atoms with E-state index in [4.69, 9.17) is 4.74 Å². The molecule has 0 atom stereocenters. The highest BCUT2D eigenvalue weighted by Crippen LogP contribution is 2.27. The van der Waals surface area contributed by atoms with Gasteiger partial charge in [-0.25, -0.2) is 13.2 Å². The first kappa shape index (κ1) is 31.2. The van der Waals surface area contributed by atoms with Crippen LogP contribution < -0.4 is 14.8 Å². The third-order valence-electron chi connectivity index (χ3n) is 8.24. The standard InChI is InChI=1S/C32H48N4O4S/c1-3-4-21-36(24-18-26-8-6-5-7-9-26)32(37)33-28-19-22-35(23-20-28)25-27-10-14-30(15-11-27)40-31-16-12-29(13-17-31)34-41(2,38)39/h10-17,26,28,34H,3-9,18-25H2,1-2H3,(H,33,37). The van der Waals surface area contributed by atoms with Gasteiger partial charge in [0.2, 0.25) is 10.0 Å². The number of ether oxygens (including phenoxy) is 1. The van der Waals surface area contributed by atoms with Crippen LogP contribution in [0, 0.1) is 5.92 Å². The number of carbonyl (C=O) groups is 1. The lowest BCUT2D eigenvalue weighted by Gasteiger charge is -2.34. The Balaban J connectivity index is 1.19. The summed E-state index contributed by atoms with van der Waals surface area (Å²) in [7, 11) is -3.30. The van der Waals surface area contributed by atoms with E-state index < -0.39 is 10.0 Å². The van der Waals surface area contributed by atoms with Crippen LogP contribution in [-0.2, 0) is 16.6 Å². The number of anilines is 1. The maximum atomic E-state index is 13.2. The van der Waals surface area contributed by atoms with E-state index in [0.29, 0.717) is 11.4 Å². The first-order valence-corrected chi connectivity index (χ1v) is 17.3. The first-order chi connectivity index (χ1) is 19.8. The maximum absolute atomic E-state index is 13.2. The minimum absolute atomic E-state index is 0.129. The minimum Gasteiger partial charge on any atom is -0.457 e. The van der Waals surface area contributed by atoms with E-state index >= 15 is 0 Å². The van der Waals surface area contributed by atoms with Gasteiger partial charge in [-0.15, -0.1) is 0 Å². The van der Waals surface area contributed by atoms with Crippen molar-refractivity contribution in [1.29, 1.82) is 0 Å². The zero-order valence-electron chi connectivity index (χ0n) is 24.8. The number of likely N-dealkylation sites (tertiary alicyclic amines) is 1. The van der Waals surface area contributed by atoms with Gasteiger partial charge >= 0.3 is 6.03 Å². The molecule has 1 aliphatic heterocycles. The number of rotatable bonds is 13. The lowest BCUT2D eigenvalue weighted by molar-refractivity contribution is 0.164. The average Bonchev–Trinajstić information content (AvgIpc) is 2.96. The predicted octanol–water partition coefficient (Wildman–Crippen LogP) is 6.60. The molecule has 1 saturated carbocycles. The van der Waals surface area contributed by atoms with Gasteiger partial charge in [-0.1, -0.05) is 57.6 Å². The van der Waals surface area contributed by atoms with Crippen molar-refractivity contribution in [3.8, 4) is 11.5 Å². The summed E-state index contributed by atoms with van der Waals surface area (Å²) < 4.78 is 31.1. The lowest BCUT2D eigenvalue weighted by Crippen LogP contribution is -2.49. The molecule has 0 unspecified atom stereocenters. The second-order valence-electron chi connectivity index (χ2n) is 11.8. The molecule has 9 heteroatoms. The third-order valence-corrected chi connectivity index (χ3v) is 8.85. The molecule has 0 spiro atoms. The van der Waals surface area contributed by atoms with E-state index in [1.807, 2.05) is 12.1 Å². The fourth-order valence-electron chi connectivity index (χ4n) is 5.84. The van der Waals surface area contributed by atoms with Gasteiger partial charge in [0.25, 0.3) is 0 Å². The summed E-state index contributed by atoms with van der Waals surface area (Å²) in [5, 5.41) is 3.36. The van der Waals surface area contributed by atoms with Gasteiger partial charge in [-0.05, 0) is 73.6 Å². The van der Waals surface area contributed by atoms with Gasteiger partial charge in [-0.2, -0.15) is 0 Å². The highest BCUT2D eigenvalue weighted by Gasteiger charge is 2.24. The fourth-order valence-corrected chi connectivity index (χ4v) is 6.41. The molecule has 2 amide bonds. The summed E-state index contributed by atoms with van der Waals surface area (Å²) in [6, 6.07) is 15.3. The van der Waals surface area contributed by atoms with Crippen LogP contribution in [0.4, 0.5) is 10.5 Å². The smallest absolute Gasteiger partial charge is 0.317 e. The number of hydrogen-bond acceptors (Lipinski definition) is 5. The van der Waals surface area contributed by atoms with Gasteiger partial charge in [0.1, 0.15) is 11.5 Å². The second kappa shape index (κ2) is 15.4. The summed E-state index contributed by atoms with van der Waals surface area (Å²) in [6.07, 6.45) is 13.1. The van der Waals surface area contributed by atoms with Crippen molar-refractivity contribution in [3.63, 3.8) is 0 Å². The fraction of sp³-hybridized carbons (Fsp3) is 0.594. The molecule has 2 aromatic rings. The molecule has 8 nitrogen and oxygen atoms in total. The Morgan fingerprint density at radius 1 is 0.927 bits per heavy atom. The minimum atomic E-state index is -3.30. The first-order valence-electron chi connectivity index (χ1n) is 15.4. The van der Waals surface area contributed by atoms with E-state index in [0.717, 1.165) is 82.8 Å². The molecule has 4 rings (SSSR count). The summed E-state index contributed by atoms with van der Waals surface area (Å²) in [5.41, 5.74) is 1.73. The van der Waals surface area contributed by atoms with Crippen molar-refractivity contribution < 1.29 is 17.9 Å². The molecule has 1 saturated heterocycles. The van der Waals surface area contributed by atoms with Crippen LogP contribution in [0.5, 0.6) is 11.5 Å². The number of carbonyl (C=O) groups excluding carboxylic acids is 1. The molecule has 0 aromatic heterocycles. The number of urea groups is 1. The van der Waals surface area contributed by atoms with Crippen LogP contribution in [-0.4, -0.2) is 62.7 Å².